The largest absolute Gasteiger partial charge is 0.381 e. The van der Waals surface area contributed by atoms with Gasteiger partial charge in [0.05, 0.1) is 11.1 Å². The molecule has 1 heterocycles. The lowest BCUT2D eigenvalue weighted by molar-refractivity contribution is 0.0393. The summed E-state index contributed by atoms with van der Waals surface area (Å²) in [5.74, 6) is 5.81. The van der Waals surface area contributed by atoms with Crippen molar-refractivity contribution in [1.82, 2.24) is 5.43 Å². The van der Waals surface area contributed by atoms with E-state index < -0.39 is 0 Å². The summed E-state index contributed by atoms with van der Waals surface area (Å²) in [7, 11) is 0. The topological polar surface area (TPSA) is 47.3 Å². The third kappa shape index (κ3) is 3.51. The average Bonchev–Trinajstić information content (AvgIpc) is 2.41. The molecule has 2 rings (SSSR count). The quantitative estimate of drug-likeness (QED) is 0.662. The smallest absolute Gasteiger partial charge is 0.137 e. The van der Waals surface area contributed by atoms with E-state index in [0.29, 0.717) is 10.4 Å². The monoisotopic (exact) mass is 316 g/mol. The lowest BCUT2D eigenvalue weighted by Gasteiger charge is -2.29. The number of ether oxygens (including phenoxy) is 1. The molecule has 1 saturated heterocycles. The zero-order chi connectivity index (χ0) is 13.0. The molecule has 100 valence electrons. The van der Waals surface area contributed by atoms with Crippen LogP contribution < -0.4 is 11.3 Å². The standard InChI is InChI=1S/C13H18BrFN2O/c14-11-6-9(3-4-12(11)15)7-13(17-16)10-2-1-5-18-8-10/h3-4,6,10,13,17H,1-2,5,7-8,16H2. The van der Waals surface area contributed by atoms with Gasteiger partial charge in [-0.15, -0.1) is 0 Å². The lowest BCUT2D eigenvalue weighted by Crippen LogP contribution is -2.45. The van der Waals surface area contributed by atoms with E-state index in [-0.39, 0.29) is 11.9 Å². The van der Waals surface area contributed by atoms with E-state index in [0.717, 1.165) is 38.0 Å². The van der Waals surface area contributed by atoms with Crippen LogP contribution >= 0.6 is 15.9 Å². The van der Waals surface area contributed by atoms with Gasteiger partial charge in [0.2, 0.25) is 0 Å². The zero-order valence-electron chi connectivity index (χ0n) is 10.2. The molecule has 1 fully saturated rings. The van der Waals surface area contributed by atoms with Crippen molar-refractivity contribution in [2.45, 2.75) is 25.3 Å². The van der Waals surface area contributed by atoms with E-state index in [1.54, 1.807) is 6.07 Å². The zero-order valence-corrected chi connectivity index (χ0v) is 11.7. The minimum absolute atomic E-state index is 0.169. The Balaban J connectivity index is 2.02. The molecular weight excluding hydrogens is 299 g/mol. The van der Waals surface area contributed by atoms with Crippen LogP contribution in [0.5, 0.6) is 0 Å². The maximum absolute atomic E-state index is 13.2. The van der Waals surface area contributed by atoms with Crippen molar-refractivity contribution in [2.75, 3.05) is 13.2 Å². The summed E-state index contributed by atoms with van der Waals surface area (Å²) in [6, 6.07) is 5.25. The van der Waals surface area contributed by atoms with Crippen LogP contribution in [0.4, 0.5) is 4.39 Å². The maximum atomic E-state index is 13.2. The van der Waals surface area contributed by atoms with E-state index in [1.807, 2.05) is 6.07 Å². The first-order valence-corrected chi connectivity index (χ1v) is 6.98. The van der Waals surface area contributed by atoms with Crippen molar-refractivity contribution in [3.05, 3.63) is 34.1 Å². The average molecular weight is 317 g/mol. The Labute approximate surface area is 115 Å². The van der Waals surface area contributed by atoms with E-state index in [1.165, 1.54) is 6.07 Å². The first-order valence-electron chi connectivity index (χ1n) is 6.18. The van der Waals surface area contributed by atoms with Crippen LogP contribution in [0.25, 0.3) is 0 Å². The fourth-order valence-corrected chi connectivity index (χ4v) is 2.79. The molecule has 0 radical (unpaired) electrons. The fourth-order valence-electron chi connectivity index (χ4n) is 2.37. The molecule has 0 amide bonds. The number of benzene rings is 1. The Morgan fingerprint density at radius 2 is 2.39 bits per heavy atom. The third-order valence-corrected chi connectivity index (χ3v) is 4.03. The number of halogens is 2. The summed E-state index contributed by atoms with van der Waals surface area (Å²) in [4.78, 5) is 0. The van der Waals surface area contributed by atoms with Crippen LogP contribution in [0.1, 0.15) is 18.4 Å². The Hall–Kier alpha value is -0.490. The summed E-state index contributed by atoms with van der Waals surface area (Å²) in [5.41, 5.74) is 3.93. The number of nitrogens with one attached hydrogen (secondary N) is 1. The summed E-state index contributed by atoms with van der Waals surface area (Å²) in [5, 5.41) is 0. The van der Waals surface area contributed by atoms with Crippen LogP contribution in [-0.4, -0.2) is 19.3 Å². The number of hydrogen-bond donors (Lipinski definition) is 2. The molecule has 1 aliphatic heterocycles. The molecule has 1 aromatic carbocycles. The highest BCUT2D eigenvalue weighted by molar-refractivity contribution is 9.10. The SMILES string of the molecule is NNC(Cc1ccc(F)c(Br)c1)C1CCCOC1. The molecule has 1 aromatic rings. The molecule has 3 nitrogen and oxygen atoms in total. The van der Waals surface area contributed by atoms with Crippen LogP contribution in [0, 0.1) is 11.7 Å². The third-order valence-electron chi connectivity index (χ3n) is 3.42. The van der Waals surface area contributed by atoms with E-state index >= 15 is 0 Å². The lowest BCUT2D eigenvalue weighted by atomic mass is 9.90. The van der Waals surface area contributed by atoms with Crippen LogP contribution in [0.15, 0.2) is 22.7 Å². The second-order valence-corrected chi connectivity index (χ2v) is 5.56. The van der Waals surface area contributed by atoms with E-state index in [4.69, 9.17) is 10.6 Å². The molecule has 0 aliphatic carbocycles. The van der Waals surface area contributed by atoms with Crippen molar-refractivity contribution in [2.24, 2.45) is 11.8 Å². The van der Waals surface area contributed by atoms with Gasteiger partial charge in [-0.3, -0.25) is 11.3 Å². The van der Waals surface area contributed by atoms with Gasteiger partial charge in [0.15, 0.2) is 0 Å². The molecule has 0 saturated carbocycles. The minimum Gasteiger partial charge on any atom is -0.381 e. The number of nitrogens with two attached hydrogens (primary N) is 1. The normalized spacial score (nSPS) is 21.8. The summed E-state index contributed by atoms with van der Waals surface area (Å²) in [6.45, 7) is 1.59. The van der Waals surface area contributed by atoms with Gasteiger partial charge < -0.3 is 4.74 Å². The Morgan fingerprint density at radius 1 is 1.56 bits per heavy atom. The van der Waals surface area contributed by atoms with Gasteiger partial charge in [0.1, 0.15) is 5.82 Å². The second kappa shape index (κ2) is 6.61. The first kappa shape index (κ1) is 13.9. The Kier molecular flexibility index (Phi) is 5.12. The number of hydrazine groups is 1. The van der Waals surface area contributed by atoms with Crippen LogP contribution in [0.3, 0.4) is 0 Å². The van der Waals surface area contributed by atoms with Crippen molar-refractivity contribution >= 4 is 15.9 Å². The molecule has 2 unspecified atom stereocenters. The fraction of sp³-hybridized carbons (Fsp3) is 0.538. The van der Waals surface area contributed by atoms with Gasteiger partial charge in [0, 0.05) is 12.6 Å². The minimum atomic E-state index is -0.239. The van der Waals surface area contributed by atoms with E-state index in [2.05, 4.69) is 21.4 Å². The van der Waals surface area contributed by atoms with Gasteiger partial charge in [-0.05, 0) is 58.8 Å². The summed E-state index contributed by atoms with van der Waals surface area (Å²) >= 11 is 3.20. The predicted octanol–water partition coefficient (Wildman–Crippen LogP) is 2.39. The predicted molar refractivity (Wildman–Crippen MR) is 72.5 cm³/mol. The van der Waals surface area contributed by atoms with Gasteiger partial charge in [-0.2, -0.15) is 0 Å². The van der Waals surface area contributed by atoms with Crippen molar-refractivity contribution < 1.29 is 9.13 Å². The highest BCUT2D eigenvalue weighted by atomic mass is 79.9. The molecule has 1 aliphatic rings. The molecule has 0 aromatic heterocycles. The van der Waals surface area contributed by atoms with Gasteiger partial charge in [-0.25, -0.2) is 4.39 Å². The molecular formula is C13H18BrFN2O. The molecule has 18 heavy (non-hydrogen) atoms. The second-order valence-electron chi connectivity index (χ2n) is 4.70. The molecule has 3 N–H and O–H groups in total. The Bertz CT molecular complexity index is 397. The van der Waals surface area contributed by atoms with Gasteiger partial charge in [0.25, 0.3) is 0 Å². The molecule has 5 heteroatoms. The van der Waals surface area contributed by atoms with Gasteiger partial charge >= 0.3 is 0 Å². The van der Waals surface area contributed by atoms with Crippen molar-refractivity contribution in [3.63, 3.8) is 0 Å². The molecule has 0 spiro atoms. The number of rotatable bonds is 4. The van der Waals surface area contributed by atoms with Crippen LogP contribution in [-0.2, 0) is 11.2 Å². The maximum Gasteiger partial charge on any atom is 0.137 e. The first-order chi connectivity index (χ1) is 8.70. The molecule has 0 bridgehead atoms. The van der Waals surface area contributed by atoms with Crippen LogP contribution in [0.2, 0.25) is 0 Å². The van der Waals surface area contributed by atoms with Crippen molar-refractivity contribution in [1.29, 1.82) is 0 Å². The summed E-state index contributed by atoms with van der Waals surface area (Å²) < 4.78 is 19.1. The highest BCUT2D eigenvalue weighted by Crippen LogP contribution is 2.22. The highest BCUT2D eigenvalue weighted by Gasteiger charge is 2.23. The molecule has 2 atom stereocenters. The van der Waals surface area contributed by atoms with E-state index in [9.17, 15) is 4.39 Å². The summed E-state index contributed by atoms with van der Waals surface area (Å²) in [6.07, 6.45) is 2.98. The van der Waals surface area contributed by atoms with Crippen molar-refractivity contribution in [3.8, 4) is 0 Å². The van der Waals surface area contributed by atoms with Gasteiger partial charge in [-0.1, -0.05) is 6.07 Å². The Morgan fingerprint density at radius 3 is 3.00 bits per heavy atom. The number of hydrogen-bond acceptors (Lipinski definition) is 3.